The van der Waals surface area contributed by atoms with E-state index in [0.717, 1.165) is 24.3 Å². The Bertz CT molecular complexity index is 227. The fourth-order valence-electron chi connectivity index (χ4n) is 3.64. The van der Waals surface area contributed by atoms with Crippen molar-refractivity contribution >= 4 is 8.56 Å². The monoisotopic (exact) mass is 270 g/mol. The fourth-order valence-corrected chi connectivity index (χ4v) is 8.42. The molecule has 0 aromatic carbocycles. The first-order valence-corrected chi connectivity index (χ1v) is 10.1. The zero-order valence-electron chi connectivity index (χ0n) is 12.2. The van der Waals surface area contributed by atoms with Gasteiger partial charge in [0.25, 0.3) is 0 Å². The Balaban J connectivity index is 2.08. The van der Waals surface area contributed by atoms with Crippen LogP contribution in [0, 0.1) is 0 Å². The molecule has 0 bridgehead atoms. The molecule has 2 rings (SSSR count). The molecule has 2 fully saturated rings. The average molecular weight is 270 g/mol. The number of hydrogen-bond acceptors (Lipinski definition) is 2. The van der Waals surface area contributed by atoms with Crippen molar-refractivity contribution in [3.63, 3.8) is 0 Å². The highest BCUT2D eigenvalue weighted by molar-refractivity contribution is 6.71. The summed E-state index contributed by atoms with van der Waals surface area (Å²) in [6.45, 7) is 5.98. The summed E-state index contributed by atoms with van der Waals surface area (Å²) in [5.74, 6) is 0. The van der Waals surface area contributed by atoms with Crippen LogP contribution < -0.4 is 0 Å². The highest BCUT2D eigenvalue weighted by atomic mass is 28.4. The zero-order chi connectivity index (χ0) is 12.8. The van der Waals surface area contributed by atoms with Crippen molar-refractivity contribution < 1.29 is 8.85 Å². The van der Waals surface area contributed by atoms with E-state index >= 15 is 0 Å². The Labute approximate surface area is 114 Å². The highest BCUT2D eigenvalue weighted by Crippen LogP contribution is 2.54. The molecule has 0 aliphatic heterocycles. The molecule has 18 heavy (non-hydrogen) atoms. The van der Waals surface area contributed by atoms with E-state index in [9.17, 15) is 0 Å². The first-order chi connectivity index (χ1) is 8.83. The predicted molar refractivity (Wildman–Crippen MR) is 78.1 cm³/mol. The van der Waals surface area contributed by atoms with Crippen LogP contribution in [0.1, 0.15) is 71.6 Å². The minimum Gasteiger partial charge on any atom is -0.394 e. The molecule has 106 valence electrons. The molecule has 0 atom stereocenters. The van der Waals surface area contributed by atoms with Gasteiger partial charge in [0.2, 0.25) is 0 Å². The lowest BCUT2D eigenvalue weighted by atomic mass is 10.0. The smallest absolute Gasteiger partial charge is 0.344 e. The summed E-state index contributed by atoms with van der Waals surface area (Å²) in [6.07, 6.45) is 12.5. The van der Waals surface area contributed by atoms with Gasteiger partial charge in [-0.1, -0.05) is 32.1 Å². The van der Waals surface area contributed by atoms with Crippen LogP contribution in [0.2, 0.25) is 11.1 Å². The molecule has 0 heterocycles. The Hall–Kier alpha value is 0.137. The summed E-state index contributed by atoms with van der Waals surface area (Å²) in [5.41, 5.74) is 1.58. The lowest BCUT2D eigenvalue weighted by molar-refractivity contribution is 0.164. The van der Waals surface area contributed by atoms with Crippen molar-refractivity contribution in [1.29, 1.82) is 0 Å². The maximum absolute atomic E-state index is 6.35. The van der Waals surface area contributed by atoms with Crippen LogP contribution in [0.25, 0.3) is 0 Å². The van der Waals surface area contributed by atoms with Crippen molar-refractivity contribution in [3.05, 3.63) is 0 Å². The molecule has 0 radical (unpaired) electrons. The molecular formula is C15H30O2Si. The van der Waals surface area contributed by atoms with Gasteiger partial charge in [-0.15, -0.1) is 0 Å². The maximum atomic E-state index is 6.35. The molecule has 3 heteroatoms. The van der Waals surface area contributed by atoms with Crippen molar-refractivity contribution in [2.75, 3.05) is 13.2 Å². The van der Waals surface area contributed by atoms with Gasteiger partial charge in [0.15, 0.2) is 0 Å². The first kappa shape index (κ1) is 14.5. The quantitative estimate of drug-likeness (QED) is 0.647. The van der Waals surface area contributed by atoms with E-state index in [4.69, 9.17) is 8.85 Å². The summed E-state index contributed by atoms with van der Waals surface area (Å²) < 4.78 is 12.7. The number of hydrogen-bond donors (Lipinski definition) is 0. The average Bonchev–Trinajstić information content (AvgIpc) is 3.12. The third-order valence-corrected chi connectivity index (χ3v) is 9.47. The van der Waals surface area contributed by atoms with Gasteiger partial charge < -0.3 is 8.85 Å². The van der Waals surface area contributed by atoms with E-state index in [-0.39, 0.29) is 0 Å². The van der Waals surface area contributed by atoms with Crippen LogP contribution in [0.5, 0.6) is 0 Å². The third kappa shape index (κ3) is 3.37. The fraction of sp³-hybridized carbons (Fsp3) is 1.00. The molecule has 2 aliphatic rings. The molecule has 2 saturated carbocycles. The molecule has 2 nitrogen and oxygen atoms in total. The van der Waals surface area contributed by atoms with E-state index in [0.29, 0.717) is 0 Å². The van der Waals surface area contributed by atoms with E-state index in [1.165, 1.54) is 57.8 Å². The van der Waals surface area contributed by atoms with Gasteiger partial charge in [-0.05, 0) is 39.5 Å². The number of rotatable bonds is 6. The Morgan fingerprint density at radius 3 is 1.61 bits per heavy atom. The van der Waals surface area contributed by atoms with Crippen molar-refractivity contribution in [2.45, 2.75) is 82.7 Å². The van der Waals surface area contributed by atoms with Crippen molar-refractivity contribution in [2.24, 2.45) is 0 Å². The van der Waals surface area contributed by atoms with Gasteiger partial charge in [0.05, 0.1) is 0 Å². The van der Waals surface area contributed by atoms with Crippen LogP contribution in [-0.4, -0.2) is 21.8 Å². The van der Waals surface area contributed by atoms with Gasteiger partial charge in [0.1, 0.15) is 0 Å². The summed E-state index contributed by atoms with van der Waals surface area (Å²) >= 11 is 0. The van der Waals surface area contributed by atoms with Gasteiger partial charge in [-0.2, -0.15) is 0 Å². The second-order valence-electron chi connectivity index (χ2n) is 5.90. The third-order valence-electron chi connectivity index (χ3n) is 4.56. The van der Waals surface area contributed by atoms with E-state index in [2.05, 4.69) is 13.8 Å². The Morgan fingerprint density at radius 2 is 1.17 bits per heavy atom. The topological polar surface area (TPSA) is 18.5 Å². The van der Waals surface area contributed by atoms with Crippen molar-refractivity contribution in [3.8, 4) is 0 Å². The molecule has 0 aromatic heterocycles. The minimum absolute atomic E-state index is 0.769. The van der Waals surface area contributed by atoms with Gasteiger partial charge in [-0.3, -0.25) is 0 Å². The van der Waals surface area contributed by atoms with Crippen LogP contribution in [0.4, 0.5) is 0 Å². The minimum atomic E-state index is -1.92. The standard InChI is InChI=1S/C15H30O2Si/c1-3-16-18(17-4-2,15-12-13-15)14-10-8-6-5-7-9-11-14/h14-15H,3-13H2,1-2H3. The largest absolute Gasteiger partial charge is 0.394 e. The molecule has 2 aliphatic carbocycles. The van der Waals surface area contributed by atoms with Crippen molar-refractivity contribution in [1.82, 2.24) is 0 Å². The maximum Gasteiger partial charge on any atom is 0.344 e. The molecule has 0 N–H and O–H groups in total. The molecule has 0 saturated heterocycles. The molecular weight excluding hydrogens is 240 g/mol. The molecule has 0 amide bonds. The zero-order valence-corrected chi connectivity index (χ0v) is 13.2. The van der Waals surface area contributed by atoms with Crippen LogP contribution in [0.3, 0.4) is 0 Å². The van der Waals surface area contributed by atoms with Gasteiger partial charge in [-0.25, -0.2) is 0 Å². The summed E-state index contributed by atoms with van der Waals surface area (Å²) in [4.78, 5) is 0. The SMILES string of the molecule is CCO[Si](OCC)(C1CCCCCCC1)C1CC1. The summed E-state index contributed by atoms with van der Waals surface area (Å²) in [7, 11) is -1.92. The molecule has 0 unspecified atom stereocenters. The summed E-state index contributed by atoms with van der Waals surface area (Å²) in [6, 6.07) is 0. The Kier molecular flexibility index (Phi) is 5.71. The second-order valence-corrected chi connectivity index (χ2v) is 9.56. The lowest BCUT2D eigenvalue weighted by Gasteiger charge is -2.38. The van der Waals surface area contributed by atoms with Gasteiger partial charge in [0, 0.05) is 24.3 Å². The lowest BCUT2D eigenvalue weighted by Crippen LogP contribution is -2.48. The van der Waals surface area contributed by atoms with E-state index in [1.807, 2.05) is 0 Å². The van der Waals surface area contributed by atoms with Crippen LogP contribution >= 0.6 is 0 Å². The molecule has 0 spiro atoms. The van der Waals surface area contributed by atoms with E-state index in [1.54, 1.807) is 0 Å². The molecule has 0 aromatic rings. The van der Waals surface area contributed by atoms with Gasteiger partial charge >= 0.3 is 8.56 Å². The predicted octanol–water partition coefficient (Wildman–Crippen LogP) is 4.78. The van der Waals surface area contributed by atoms with E-state index < -0.39 is 8.56 Å². The summed E-state index contributed by atoms with van der Waals surface area (Å²) in [5, 5.41) is 0. The first-order valence-electron chi connectivity index (χ1n) is 8.11. The normalized spacial score (nSPS) is 23.7. The highest BCUT2D eigenvalue weighted by Gasteiger charge is 2.56. The Morgan fingerprint density at radius 1 is 0.722 bits per heavy atom. The van der Waals surface area contributed by atoms with Crippen LogP contribution in [-0.2, 0) is 8.85 Å². The van der Waals surface area contributed by atoms with Crippen LogP contribution in [0.15, 0.2) is 0 Å². The second kappa shape index (κ2) is 7.06.